The summed E-state index contributed by atoms with van der Waals surface area (Å²) in [5, 5.41) is 0. The van der Waals surface area contributed by atoms with E-state index < -0.39 is 11.9 Å². The Bertz CT molecular complexity index is 274. The molecule has 1 atom stereocenters. The molecule has 1 saturated carbocycles. The van der Waals surface area contributed by atoms with Crippen molar-refractivity contribution in [3.05, 3.63) is 0 Å². The maximum absolute atomic E-state index is 12.0. The predicted molar refractivity (Wildman–Crippen MR) is 65.4 cm³/mol. The van der Waals surface area contributed by atoms with Gasteiger partial charge in [0.1, 0.15) is 5.92 Å². The van der Waals surface area contributed by atoms with E-state index in [0.29, 0.717) is 6.42 Å². The predicted octanol–water partition coefficient (Wildman–Crippen LogP) is 1.83. The standard InChI is InChI=1S/C13H23NO3/c1-4-11(13(16)17-3)12(15)14(2)9-8-10-6-5-7-10/h10-11H,4-9H2,1-3H3. The van der Waals surface area contributed by atoms with Crippen LogP contribution in [0.15, 0.2) is 0 Å². The molecule has 0 saturated heterocycles. The summed E-state index contributed by atoms with van der Waals surface area (Å²) < 4.78 is 4.65. The Kier molecular flexibility index (Phi) is 5.45. The Hall–Kier alpha value is -1.06. The molecule has 0 aromatic carbocycles. The van der Waals surface area contributed by atoms with Gasteiger partial charge in [-0.25, -0.2) is 0 Å². The van der Waals surface area contributed by atoms with E-state index in [9.17, 15) is 9.59 Å². The molecule has 0 bridgehead atoms. The Morgan fingerprint density at radius 2 is 2.06 bits per heavy atom. The molecule has 1 fully saturated rings. The van der Waals surface area contributed by atoms with E-state index in [1.165, 1.54) is 26.4 Å². The minimum absolute atomic E-state index is 0.112. The largest absolute Gasteiger partial charge is 0.468 e. The molecular weight excluding hydrogens is 218 g/mol. The van der Waals surface area contributed by atoms with Crippen LogP contribution in [0.25, 0.3) is 0 Å². The third kappa shape index (κ3) is 3.72. The lowest BCUT2D eigenvalue weighted by Crippen LogP contribution is -2.38. The lowest BCUT2D eigenvalue weighted by molar-refractivity contribution is -0.153. The second-order valence-electron chi connectivity index (χ2n) is 4.83. The molecular formula is C13H23NO3. The molecule has 98 valence electrons. The van der Waals surface area contributed by atoms with E-state index in [0.717, 1.165) is 18.9 Å². The van der Waals surface area contributed by atoms with Crippen molar-refractivity contribution < 1.29 is 14.3 Å². The summed E-state index contributed by atoms with van der Waals surface area (Å²) in [7, 11) is 3.10. The molecule has 0 heterocycles. The highest BCUT2D eigenvalue weighted by molar-refractivity contribution is 5.97. The van der Waals surface area contributed by atoms with Crippen LogP contribution in [0.5, 0.6) is 0 Å². The summed E-state index contributed by atoms with van der Waals surface area (Å²) in [5.41, 5.74) is 0. The van der Waals surface area contributed by atoms with E-state index in [4.69, 9.17) is 0 Å². The van der Waals surface area contributed by atoms with Crippen molar-refractivity contribution in [1.29, 1.82) is 0 Å². The van der Waals surface area contributed by atoms with Crippen molar-refractivity contribution in [1.82, 2.24) is 4.90 Å². The minimum atomic E-state index is -0.633. The lowest BCUT2D eigenvalue weighted by atomic mass is 9.83. The van der Waals surface area contributed by atoms with Gasteiger partial charge in [-0.15, -0.1) is 0 Å². The molecule has 0 radical (unpaired) electrons. The molecule has 0 aromatic heterocycles. The van der Waals surface area contributed by atoms with E-state index in [1.807, 2.05) is 6.92 Å². The number of esters is 1. The van der Waals surface area contributed by atoms with Gasteiger partial charge >= 0.3 is 5.97 Å². The van der Waals surface area contributed by atoms with Crippen molar-refractivity contribution in [2.45, 2.75) is 39.0 Å². The number of rotatable bonds is 6. The molecule has 1 aliphatic carbocycles. The molecule has 1 unspecified atom stereocenters. The van der Waals surface area contributed by atoms with Gasteiger partial charge in [-0.2, -0.15) is 0 Å². The van der Waals surface area contributed by atoms with Crippen LogP contribution < -0.4 is 0 Å². The highest BCUT2D eigenvalue weighted by atomic mass is 16.5. The number of hydrogen-bond acceptors (Lipinski definition) is 3. The van der Waals surface area contributed by atoms with Crippen LogP contribution in [0.1, 0.15) is 39.0 Å². The molecule has 0 aliphatic heterocycles. The SMILES string of the molecule is CCC(C(=O)OC)C(=O)N(C)CCC1CCC1. The Balaban J connectivity index is 2.39. The first-order valence-electron chi connectivity index (χ1n) is 6.43. The van der Waals surface area contributed by atoms with Crippen molar-refractivity contribution in [2.75, 3.05) is 20.7 Å². The summed E-state index contributed by atoms with van der Waals surface area (Å²) in [4.78, 5) is 25.1. The molecule has 0 N–H and O–H groups in total. The molecule has 0 spiro atoms. The van der Waals surface area contributed by atoms with Gasteiger partial charge in [0.2, 0.25) is 5.91 Å². The van der Waals surface area contributed by atoms with Crippen molar-refractivity contribution >= 4 is 11.9 Å². The molecule has 4 heteroatoms. The van der Waals surface area contributed by atoms with E-state index >= 15 is 0 Å². The fourth-order valence-corrected chi connectivity index (χ4v) is 2.12. The first kappa shape index (κ1) is 14.0. The van der Waals surface area contributed by atoms with E-state index in [-0.39, 0.29) is 5.91 Å². The van der Waals surface area contributed by atoms with Crippen molar-refractivity contribution in [2.24, 2.45) is 11.8 Å². The van der Waals surface area contributed by atoms with Crippen LogP contribution in [0.4, 0.5) is 0 Å². The summed E-state index contributed by atoms with van der Waals surface area (Å²) in [6, 6.07) is 0. The molecule has 1 amide bonds. The highest BCUT2D eigenvalue weighted by Gasteiger charge is 2.28. The number of ether oxygens (including phenoxy) is 1. The fourth-order valence-electron chi connectivity index (χ4n) is 2.12. The first-order chi connectivity index (χ1) is 8.10. The maximum Gasteiger partial charge on any atom is 0.318 e. The van der Waals surface area contributed by atoms with E-state index in [1.54, 1.807) is 11.9 Å². The Labute approximate surface area is 103 Å². The van der Waals surface area contributed by atoms with Gasteiger partial charge in [-0.3, -0.25) is 9.59 Å². The number of carbonyl (C=O) groups is 2. The van der Waals surface area contributed by atoms with E-state index in [2.05, 4.69) is 4.74 Å². The van der Waals surface area contributed by atoms with Crippen molar-refractivity contribution in [3.63, 3.8) is 0 Å². The van der Waals surface area contributed by atoms with Gasteiger partial charge in [0.25, 0.3) is 0 Å². The third-order valence-electron chi connectivity index (χ3n) is 3.67. The smallest absolute Gasteiger partial charge is 0.318 e. The number of hydrogen-bond donors (Lipinski definition) is 0. The zero-order chi connectivity index (χ0) is 12.8. The topological polar surface area (TPSA) is 46.6 Å². The number of methoxy groups -OCH3 is 1. The van der Waals surface area contributed by atoms with Crippen LogP contribution >= 0.6 is 0 Å². The summed E-state index contributed by atoms with van der Waals surface area (Å²) in [5.74, 6) is -0.387. The minimum Gasteiger partial charge on any atom is -0.468 e. The van der Waals surface area contributed by atoms with Crippen LogP contribution in [0, 0.1) is 11.8 Å². The van der Waals surface area contributed by atoms with Crippen LogP contribution in [0.3, 0.4) is 0 Å². The van der Waals surface area contributed by atoms with Crippen LogP contribution in [0.2, 0.25) is 0 Å². The number of carbonyl (C=O) groups excluding carboxylic acids is 2. The zero-order valence-electron chi connectivity index (χ0n) is 11.1. The highest BCUT2D eigenvalue weighted by Crippen LogP contribution is 2.29. The van der Waals surface area contributed by atoms with Gasteiger partial charge < -0.3 is 9.64 Å². The number of nitrogens with zero attached hydrogens (tertiary/aromatic N) is 1. The zero-order valence-corrected chi connectivity index (χ0v) is 11.1. The molecule has 1 rings (SSSR count). The maximum atomic E-state index is 12.0. The first-order valence-corrected chi connectivity index (χ1v) is 6.43. The van der Waals surface area contributed by atoms with Gasteiger partial charge in [0.15, 0.2) is 0 Å². The molecule has 4 nitrogen and oxygen atoms in total. The van der Waals surface area contributed by atoms with Gasteiger partial charge in [-0.1, -0.05) is 26.2 Å². The van der Waals surface area contributed by atoms with Crippen LogP contribution in [-0.4, -0.2) is 37.5 Å². The van der Waals surface area contributed by atoms with Crippen LogP contribution in [-0.2, 0) is 14.3 Å². The fraction of sp³-hybridized carbons (Fsp3) is 0.846. The number of amides is 1. The molecule has 0 aromatic rings. The van der Waals surface area contributed by atoms with Gasteiger partial charge in [-0.05, 0) is 18.8 Å². The Morgan fingerprint density at radius 1 is 1.41 bits per heavy atom. The summed E-state index contributed by atoms with van der Waals surface area (Å²) in [6.45, 7) is 2.58. The average Bonchev–Trinajstić information content (AvgIpc) is 2.27. The quantitative estimate of drug-likeness (QED) is 0.526. The summed E-state index contributed by atoms with van der Waals surface area (Å²) in [6.07, 6.45) is 5.45. The Morgan fingerprint density at radius 3 is 2.47 bits per heavy atom. The normalized spacial score (nSPS) is 17.1. The second-order valence-corrected chi connectivity index (χ2v) is 4.83. The lowest BCUT2D eigenvalue weighted by Gasteiger charge is -2.28. The second kappa shape index (κ2) is 6.62. The molecule has 1 aliphatic rings. The average molecular weight is 241 g/mol. The van der Waals surface area contributed by atoms with Gasteiger partial charge in [0.05, 0.1) is 7.11 Å². The monoisotopic (exact) mass is 241 g/mol. The molecule has 17 heavy (non-hydrogen) atoms. The van der Waals surface area contributed by atoms with Crippen molar-refractivity contribution in [3.8, 4) is 0 Å². The van der Waals surface area contributed by atoms with Gasteiger partial charge in [0, 0.05) is 13.6 Å². The summed E-state index contributed by atoms with van der Waals surface area (Å²) >= 11 is 0. The third-order valence-corrected chi connectivity index (χ3v) is 3.67.